The molecule has 0 saturated carbocycles. The van der Waals surface area contributed by atoms with Crippen LogP contribution >= 0.6 is 11.6 Å². The van der Waals surface area contributed by atoms with Gasteiger partial charge in [0.05, 0.1) is 5.69 Å². The Morgan fingerprint density at radius 1 is 1.18 bits per heavy atom. The third kappa shape index (κ3) is 6.36. The van der Waals surface area contributed by atoms with Crippen LogP contribution in [0.2, 0.25) is 0 Å². The number of halogens is 1. The van der Waals surface area contributed by atoms with Crippen molar-refractivity contribution in [1.29, 1.82) is 0 Å². The van der Waals surface area contributed by atoms with Gasteiger partial charge in [0.2, 0.25) is 0 Å². The van der Waals surface area contributed by atoms with Gasteiger partial charge in [0.1, 0.15) is 23.8 Å². The molecule has 0 aliphatic carbocycles. The van der Waals surface area contributed by atoms with Gasteiger partial charge in [-0.05, 0) is 56.2 Å². The van der Waals surface area contributed by atoms with E-state index < -0.39 is 0 Å². The molecule has 1 aliphatic rings. The third-order valence-corrected chi connectivity index (χ3v) is 6.82. The van der Waals surface area contributed by atoms with E-state index >= 15 is 0 Å². The van der Waals surface area contributed by atoms with Crippen LogP contribution in [0.3, 0.4) is 0 Å². The number of aromatic nitrogens is 1. The molecule has 2 heterocycles. The maximum atomic E-state index is 13.7. The van der Waals surface area contributed by atoms with Gasteiger partial charge in [-0.1, -0.05) is 24.3 Å². The Bertz CT molecular complexity index is 1390. The number of alkyl halides is 1. The summed E-state index contributed by atoms with van der Waals surface area (Å²) in [5, 5.41) is 13.1. The zero-order valence-electron chi connectivity index (χ0n) is 22.8. The molecule has 1 radical (unpaired) electrons. The Morgan fingerprint density at radius 3 is 2.53 bits per heavy atom. The average molecular weight is 611 g/mol. The van der Waals surface area contributed by atoms with Crippen molar-refractivity contribution in [3.8, 4) is 11.5 Å². The number of phenols is 1. The molecule has 1 amide bonds. The number of anilines is 1. The summed E-state index contributed by atoms with van der Waals surface area (Å²) < 4.78 is 5.84. The fourth-order valence-corrected chi connectivity index (χ4v) is 4.94. The number of phenolic OH excluding ortho intramolecular Hbond substituents is 1. The Balaban J connectivity index is 0.00000124. The minimum absolute atomic E-state index is 0. The Morgan fingerprint density at radius 2 is 1.87 bits per heavy atom. The van der Waals surface area contributed by atoms with Crippen LogP contribution in [0.25, 0.3) is 21.7 Å². The van der Waals surface area contributed by atoms with Gasteiger partial charge in [-0.2, -0.15) is 6.92 Å². The van der Waals surface area contributed by atoms with E-state index in [2.05, 4.69) is 16.8 Å². The van der Waals surface area contributed by atoms with E-state index in [1.54, 1.807) is 17.9 Å². The van der Waals surface area contributed by atoms with Crippen molar-refractivity contribution in [2.45, 2.75) is 25.1 Å². The Kier molecular flexibility index (Phi) is 11.7. The second kappa shape index (κ2) is 13.8. The van der Waals surface area contributed by atoms with Gasteiger partial charge in [-0.15, -0.1) is 11.6 Å². The average Bonchev–Trinajstić information content (AvgIpc) is 3.47. The number of amides is 1. The predicted octanol–water partition coefficient (Wildman–Crippen LogP) is 6.63. The van der Waals surface area contributed by atoms with Crippen molar-refractivity contribution in [1.82, 2.24) is 9.88 Å². The van der Waals surface area contributed by atoms with Gasteiger partial charge in [0, 0.05) is 79.4 Å². The first-order valence-electron chi connectivity index (χ1n) is 12.1. The SMILES string of the molecule is C[C@@H](Cl)[C@@H]1CN(C(=O)c2cc3cc(OCCN(C)C)ccc3[nH]2)c2cc(O)c3ccccc3c21.[CH2-]C.[CH3-].[Y]. The van der Waals surface area contributed by atoms with Crippen LogP contribution in [-0.2, 0) is 32.7 Å². The third-order valence-electron chi connectivity index (χ3n) is 6.51. The summed E-state index contributed by atoms with van der Waals surface area (Å²) in [7, 11) is 4.01. The van der Waals surface area contributed by atoms with Crippen LogP contribution in [0.15, 0.2) is 54.6 Å². The molecule has 8 heteroatoms. The number of nitrogens with zero attached hydrogens (tertiary/aromatic N) is 2. The normalized spacial score (nSPS) is 14.8. The Hall–Kier alpha value is -2.12. The first-order chi connectivity index (χ1) is 17.3. The van der Waals surface area contributed by atoms with Crippen LogP contribution in [-0.4, -0.2) is 60.1 Å². The van der Waals surface area contributed by atoms with Crippen molar-refractivity contribution in [3.63, 3.8) is 0 Å². The van der Waals surface area contributed by atoms with Gasteiger partial charge >= 0.3 is 0 Å². The van der Waals surface area contributed by atoms with Crippen LogP contribution in [0.4, 0.5) is 5.69 Å². The number of hydrogen-bond donors (Lipinski definition) is 2. The monoisotopic (exact) mass is 610 g/mol. The van der Waals surface area contributed by atoms with Crippen LogP contribution in [0, 0.1) is 14.4 Å². The van der Waals surface area contributed by atoms with Gasteiger partial charge in [0.15, 0.2) is 0 Å². The molecule has 0 unspecified atom stereocenters. The molecule has 201 valence electrons. The van der Waals surface area contributed by atoms with Crippen molar-refractivity contribution in [2.24, 2.45) is 0 Å². The zero-order valence-corrected chi connectivity index (χ0v) is 26.4. The Labute approximate surface area is 256 Å². The molecule has 0 bridgehead atoms. The zero-order chi connectivity index (χ0) is 26.0. The molecule has 4 aromatic rings. The van der Waals surface area contributed by atoms with Crippen LogP contribution in [0.1, 0.15) is 35.8 Å². The summed E-state index contributed by atoms with van der Waals surface area (Å²) in [5.74, 6) is 0.742. The number of carbonyl (C=O) groups is 1. The number of aromatic hydroxyl groups is 1. The molecule has 5 rings (SSSR count). The molecule has 1 aromatic heterocycles. The predicted molar refractivity (Wildman–Crippen MR) is 155 cm³/mol. The fourth-order valence-electron chi connectivity index (χ4n) is 4.74. The van der Waals surface area contributed by atoms with Crippen LogP contribution in [0.5, 0.6) is 11.5 Å². The number of fused-ring (bicyclic) bond motifs is 4. The standard InChI is InChI=1S/C27H28ClN3O3.C2H5.CH3.Y/c1-16(28)21-15-31(24-14-25(32)19-6-4-5-7-20(19)26(21)24)27(33)23-13-17-12-18(8-9-22(17)29-23)34-11-10-30(2)3;1-2;;/h4-9,12-14,16,21,29,32H,10-11,15H2,1-3H3;1H2,2H3;1H3;/q;2*-1;/t16-,21+;;;/m1.../s1. The minimum Gasteiger partial charge on any atom is -0.507 e. The van der Waals surface area contributed by atoms with E-state index in [0.717, 1.165) is 39.5 Å². The number of hydrogen-bond acceptors (Lipinski definition) is 4. The number of carbonyl (C=O) groups excluding carboxylic acids is 1. The van der Waals surface area contributed by atoms with Gasteiger partial charge < -0.3 is 39.0 Å². The molecule has 38 heavy (non-hydrogen) atoms. The first-order valence-corrected chi connectivity index (χ1v) is 12.6. The van der Waals surface area contributed by atoms with Crippen molar-refractivity contribution in [2.75, 3.05) is 38.7 Å². The smallest absolute Gasteiger partial charge is 0.274 e. The summed E-state index contributed by atoms with van der Waals surface area (Å²) >= 11 is 6.59. The molecular weight excluding hydrogens is 575 g/mol. The van der Waals surface area contributed by atoms with Gasteiger partial charge in [-0.25, -0.2) is 0 Å². The second-order valence-electron chi connectivity index (χ2n) is 9.16. The van der Waals surface area contributed by atoms with E-state index in [1.165, 1.54) is 0 Å². The summed E-state index contributed by atoms with van der Waals surface area (Å²) in [6.07, 6.45) is 0. The van der Waals surface area contributed by atoms with Gasteiger partial charge in [0.25, 0.3) is 5.91 Å². The van der Waals surface area contributed by atoms with Crippen molar-refractivity contribution >= 4 is 44.9 Å². The molecule has 1 aliphatic heterocycles. The molecule has 2 N–H and O–H groups in total. The topological polar surface area (TPSA) is 68.8 Å². The maximum absolute atomic E-state index is 13.7. The van der Waals surface area contributed by atoms with E-state index in [0.29, 0.717) is 24.5 Å². The van der Waals surface area contributed by atoms with Crippen LogP contribution < -0.4 is 9.64 Å². The molecular formula is C30H36ClN3O3Y-2. The summed E-state index contributed by atoms with van der Waals surface area (Å²) in [5.41, 5.74) is 3.08. The maximum Gasteiger partial charge on any atom is 0.274 e. The van der Waals surface area contributed by atoms with E-state index in [-0.39, 0.29) is 63.1 Å². The molecule has 0 spiro atoms. The molecule has 6 nitrogen and oxygen atoms in total. The molecule has 0 fully saturated rings. The molecule has 2 atom stereocenters. The number of likely N-dealkylation sites (N-methyl/N-ethyl adjacent to an activating group) is 1. The minimum atomic E-state index is -0.172. The second-order valence-corrected chi connectivity index (χ2v) is 9.85. The van der Waals surface area contributed by atoms with E-state index in [4.69, 9.17) is 16.3 Å². The number of nitrogens with one attached hydrogen (secondary N) is 1. The summed E-state index contributed by atoms with van der Waals surface area (Å²) in [4.78, 5) is 20.7. The number of rotatable bonds is 6. The number of benzene rings is 3. The molecule has 0 saturated heterocycles. The number of H-pyrrole nitrogens is 1. The summed E-state index contributed by atoms with van der Waals surface area (Å²) in [6.45, 7) is 8.83. The number of aromatic amines is 1. The fraction of sp³-hybridized carbons (Fsp3) is 0.300. The summed E-state index contributed by atoms with van der Waals surface area (Å²) in [6, 6.07) is 17.0. The number of ether oxygens (including phenoxy) is 1. The van der Waals surface area contributed by atoms with E-state index in [1.807, 2.05) is 69.6 Å². The van der Waals surface area contributed by atoms with Crippen molar-refractivity contribution in [3.05, 3.63) is 80.2 Å². The quantitative estimate of drug-likeness (QED) is 0.190. The largest absolute Gasteiger partial charge is 0.507 e. The van der Waals surface area contributed by atoms with E-state index in [9.17, 15) is 9.90 Å². The van der Waals surface area contributed by atoms with Crippen molar-refractivity contribution < 1.29 is 47.3 Å². The first kappa shape index (κ1) is 32.1. The molecule has 3 aromatic carbocycles. The van der Waals surface area contributed by atoms with Gasteiger partial charge in [-0.3, -0.25) is 4.79 Å².